The Morgan fingerprint density at radius 3 is 3.20 bits per heavy atom. The predicted octanol–water partition coefficient (Wildman–Crippen LogP) is 0.916. The van der Waals surface area contributed by atoms with Crippen LogP contribution >= 0.6 is 0 Å². The molecule has 50 valence electrons. The van der Waals surface area contributed by atoms with Crippen LogP contribution < -0.4 is 5.73 Å². The third-order valence-electron chi connectivity index (χ3n) is 1.48. The van der Waals surface area contributed by atoms with Gasteiger partial charge in [0, 0.05) is 6.20 Å². The molecule has 0 fully saturated rings. The maximum atomic E-state index is 5.64. The molecule has 0 aromatic carbocycles. The number of nitrogen functional groups attached to an aromatic ring is 1. The lowest BCUT2D eigenvalue weighted by Gasteiger charge is -1.94. The van der Waals surface area contributed by atoms with Crippen LogP contribution in [0.3, 0.4) is 0 Å². The lowest BCUT2D eigenvalue weighted by Crippen LogP contribution is -1.88. The van der Waals surface area contributed by atoms with E-state index in [2.05, 4.69) is 4.98 Å². The maximum Gasteiger partial charge on any atom is 0.0992 e. The van der Waals surface area contributed by atoms with Gasteiger partial charge in [0.15, 0.2) is 0 Å². The first kappa shape index (κ1) is 5.29. The molecule has 0 radical (unpaired) electrons. The molecule has 0 unspecified atom stereocenters. The zero-order valence-electron chi connectivity index (χ0n) is 5.36. The number of rotatable bonds is 0. The average molecular weight is 133 g/mol. The van der Waals surface area contributed by atoms with Gasteiger partial charge in [-0.15, -0.1) is 0 Å². The van der Waals surface area contributed by atoms with Gasteiger partial charge in [-0.1, -0.05) is 0 Å². The summed E-state index contributed by atoms with van der Waals surface area (Å²) >= 11 is 0. The predicted molar refractivity (Wildman–Crippen MR) is 39.6 cm³/mol. The number of fused-ring (bicyclic) bond motifs is 1. The Kier molecular flexibility index (Phi) is 0.917. The number of imidazole rings is 1. The fourth-order valence-electron chi connectivity index (χ4n) is 0.972. The molecule has 0 atom stereocenters. The van der Waals surface area contributed by atoms with E-state index in [0.717, 1.165) is 11.2 Å². The molecule has 2 rings (SSSR count). The summed E-state index contributed by atoms with van der Waals surface area (Å²) in [4.78, 5) is 3.95. The van der Waals surface area contributed by atoms with Crippen LogP contribution in [-0.2, 0) is 0 Å². The molecule has 0 spiro atoms. The zero-order valence-corrected chi connectivity index (χ0v) is 5.36. The summed E-state index contributed by atoms with van der Waals surface area (Å²) in [6.45, 7) is 0. The van der Waals surface area contributed by atoms with Crippen molar-refractivity contribution in [2.75, 3.05) is 5.73 Å². The number of aromatic nitrogens is 2. The van der Waals surface area contributed by atoms with Gasteiger partial charge < -0.3 is 10.1 Å². The summed E-state index contributed by atoms with van der Waals surface area (Å²) in [5, 5.41) is 0. The summed E-state index contributed by atoms with van der Waals surface area (Å²) in [5.74, 6) is 0. The highest BCUT2D eigenvalue weighted by Gasteiger charge is 1.93. The van der Waals surface area contributed by atoms with Gasteiger partial charge in [-0.2, -0.15) is 0 Å². The molecule has 3 nitrogen and oxygen atoms in total. The smallest absolute Gasteiger partial charge is 0.0992 e. The van der Waals surface area contributed by atoms with Crippen LogP contribution in [0.4, 0.5) is 5.69 Å². The quantitative estimate of drug-likeness (QED) is 0.580. The van der Waals surface area contributed by atoms with E-state index in [9.17, 15) is 0 Å². The van der Waals surface area contributed by atoms with Crippen molar-refractivity contribution in [2.24, 2.45) is 0 Å². The van der Waals surface area contributed by atoms with E-state index in [1.807, 2.05) is 22.7 Å². The van der Waals surface area contributed by atoms with Gasteiger partial charge in [-0.25, -0.2) is 4.98 Å². The number of nitrogens with zero attached hydrogens (tertiary/aromatic N) is 2. The minimum Gasteiger partial charge on any atom is -0.397 e. The van der Waals surface area contributed by atoms with Crippen molar-refractivity contribution in [3.05, 3.63) is 30.9 Å². The van der Waals surface area contributed by atoms with Crippen LogP contribution in [0.1, 0.15) is 0 Å². The van der Waals surface area contributed by atoms with E-state index in [4.69, 9.17) is 5.73 Å². The number of anilines is 1. The van der Waals surface area contributed by atoms with Crippen LogP contribution in [0, 0.1) is 0 Å². The van der Waals surface area contributed by atoms with Gasteiger partial charge in [0.05, 0.1) is 23.7 Å². The van der Waals surface area contributed by atoms with Gasteiger partial charge in [-0.3, -0.25) is 0 Å². The first-order chi connectivity index (χ1) is 4.88. The molecule has 2 heterocycles. The number of hydrogen-bond acceptors (Lipinski definition) is 2. The third-order valence-corrected chi connectivity index (χ3v) is 1.48. The Morgan fingerprint density at radius 2 is 2.40 bits per heavy atom. The fraction of sp³-hybridized carbons (Fsp3) is 0. The molecule has 0 aliphatic heterocycles. The Labute approximate surface area is 58.1 Å². The van der Waals surface area contributed by atoms with Gasteiger partial charge in [-0.05, 0) is 12.1 Å². The van der Waals surface area contributed by atoms with Crippen molar-refractivity contribution in [3.8, 4) is 0 Å². The zero-order chi connectivity index (χ0) is 6.97. The van der Waals surface area contributed by atoms with Crippen molar-refractivity contribution in [2.45, 2.75) is 0 Å². The Morgan fingerprint density at radius 1 is 1.50 bits per heavy atom. The van der Waals surface area contributed by atoms with Crippen molar-refractivity contribution in [1.82, 2.24) is 9.38 Å². The third kappa shape index (κ3) is 0.572. The van der Waals surface area contributed by atoms with E-state index in [1.165, 1.54) is 0 Å². The second kappa shape index (κ2) is 1.73. The second-order valence-electron chi connectivity index (χ2n) is 2.15. The highest BCUT2D eigenvalue weighted by molar-refractivity contribution is 5.67. The minimum atomic E-state index is 0.764. The molecular formula is C7H7N3. The van der Waals surface area contributed by atoms with Crippen molar-refractivity contribution in [1.29, 1.82) is 0 Å². The van der Waals surface area contributed by atoms with Crippen LogP contribution in [0.25, 0.3) is 5.52 Å². The molecule has 10 heavy (non-hydrogen) atoms. The highest BCUT2D eigenvalue weighted by Crippen LogP contribution is 2.10. The monoisotopic (exact) mass is 133 g/mol. The van der Waals surface area contributed by atoms with E-state index < -0.39 is 0 Å². The molecule has 2 N–H and O–H groups in total. The summed E-state index contributed by atoms with van der Waals surface area (Å²) in [7, 11) is 0. The minimum absolute atomic E-state index is 0.764. The van der Waals surface area contributed by atoms with E-state index in [0.29, 0.717) is 0 Å². The molecule has 0 saturated carbocycles. The number of hydrogen-bond donors (Lipinski definition) is 1. The largest absolute Gasteiger partial charge is 0.397 e. The van der Waals surface area contributed by atoms with E-state index in [-0.39, 0.29) is 0 Å². The van der Waals surface area contributed by atoms with Crippen LogP contribution in [0.15, 0.2) is 30.9 Å². The molecule has 2 aromatic rings. The van der Waals surface area contributed by atoms with Crippen molar-refractivity contribution >= 4 is 11.2 Å². The molecular weight excluding hydrogens is 126 g/mol. The average Bonchev–Trinajstić information content (AvgIpc) is 2.36. The number of nitrogens with two attached hydrogens (primary N) is 1. The Hall–Kier alpha value is -1.51. The molecule has 0 saturated heterocycles. The van der Waals surface area contributed by atoms with Crippen molar-refractivity contribution in [3.63, 3.8) is 0 Å². The molecule has 0 aliphatic rings. The summed E-state index contributed by atoms with van der Waals surface area (Å²) in [5.41, 5.74) is 7.36. The molecule has 0 aliphatic carbocycles. The normalized spacial score (nSPS) is 10.4. The van der Waals surface area contributed by atoms with Crippen LogP contribution in [0.2, 0.25) is 0 Å². The highest BCUT2D eigenvalue weighted by atomic mass is 15.0. The molecule has 0 bridgehead atoms. The SMILES string of the molecule is Nc1cccn2cncc12. The maximum absolute atomic E-state index is 5.64. The second-order valence-corrected chi connectivity index (χ2v) is 2.15. The van der Waals surface area contributed by atoms with Crippen LogP contribution in [-0.4, -0.2) is 9.38 Å². The number of pyridine rings is 1. The molecule has 3 heteroatoms. The van der Waals surface area contributed by atoms with Crippen LogP contribution in [0.5, 0.6) is 0 Å². The topological polar surface area (TPSA) is 43.3 Å². The van der Waals surface area contributed by atoms with Gasteiger partial charge in [0.25, 0.3) is 0 Å². The van der Waals surface area contributed by atoms with E-state index >= 15 is 0 Å². The fourth-order valence-corrected chi connectivity index (χ4v) is 0.972. The molecule has 2 aromatic heterocycles. The van der Waals surface area contributed by atoms with Gasteiger partial charge >= 0.3 is 0 Å². The van der Waals surface area contributed by atoms with Gasteiger partial charge in [0.1, 0.15) is 0 Å². The van der Waals surface area contributed by atoms with Gasteiger partial charge in [0.2, 0.25) is 0 Å². The first-order valence-corrected chi connectivity index (χ1v) is 3.04. The summed E-state index contributed by atoms with van der Waals surface area (Å²) in [6.07, 6.45) is 5.39. The van der Waals surface area contributed by atoms with Crippen molar-refractivity contribution < 1.29 is 0 Å². The lowest BCUT2D eigenvalue weighted by molar-refractivity contribution is 1.16. The van der Waals surface area contributed by atoms with E-state index in [1.54, 1.807) is 12.5 Å². The standard InChI is InChI=1S/C7H7N3/c8-6-2-1-3-10-5-9-4-7(6)10/h1-5H,8H2. The first-order valence-electron chi connectivity index (χ1n) is 3.04. The summed E-state index contributed by atoms with van der Waals surface area (Å²) in [6, 6.07) is 3.75. The Balaban J connectivity index is 2.95. The summed E-state index contributed by atoms with van der Waals surface area (Å²) < 4.78 is 1.88. The lowest BCUT2D eigenvalue weighted by atomic mass is 10.4. The Bertz CT molecular complexity index is 350. The molecule has 0 amide bonds.